The molecule has 0 radical (unpaired) electrons. The molecule has 1 aromatic carbocycles. The molecule has 1 aromatic rings. The van der Waals surface area contributed by atoms with Crippen molar-refractivity contribution in [1.29, 1.82) is 0 Å². The summed E-state index contributed by atoms with van der Waals surface area (Å²) in [5.74, 6) is 0. The van der Waals surface area contributed by atoms with E-state index in [0.717, 1.165) is 5.57 Å². The van der Waals surface area contributed by atoms with E-state index in [9.17, 15) is 4.79 Å². The predicted molar refractivity (Wildman–Crippen MR) is 83.3 cm³/mol. The number of halogens is 1. The van der Waals surface area contributed by atoms with Crippen molar-refractivity contribution in [2.75, 3.05) is 0 Å². The third-order valence-electron chi connectivity index (χ3n) is 2.72. The van der Waals surface area contributed by atoms with Gasteiger partial charge in [0.2, 0.25) is 5.24 Å². The van der Waals surface area contributed by atoms with Gasteiger partial charge in [0.25, 0.3) is 0 Å². The SMILES string of the molecule is CC(C=CC=C(C)c1cc(C)cc(C)c1)=CC(=O)Cl. The Morgan fingerprint density at radius 2 is 1.68 bits per heavy atom. The van der Waals surface area contributed by atoms with Gasteiger partial charge in [0, 0.05) is 6.08 Å². The Hall–Kier alpha value is -1.60. The Kier molecular flexibility index (Phi) is 5.78. The summed E-state index contributed by atoms with van der Waals surface area (Å²) in [6, 6.07) is 6.49. The van der Waals surface area contributed by atoms with E-state index in [1.807, 2.05) is 25.2 Å². The topological polar surface area (TPSA) is 17.1 Å². The highest BCUT2D eigenvalue weighted by atomic mass is 35.5. The average molecular weight is 275 g/mol. The number of allylic oxidation sites excluding steroid dienone is 6. The van der Waals surface area contributed by atoms with Crippen LogP contribution in [-0.2, 0) is 4.79 Å². The molecule has 0 fully saturated rings. The molecule has 0 N–H and O–H groups in total. The molecule has 0 aliphatic rings. The molecule has 0 atom stereocenters. The minimum atomic E-state index is -0.447. The minimum absolute atomic E-state index is 0.447. The van der Waals surface area contributed by atoms with E-state index >= 15 is 0 Å². The Morgan fingerprint density at radius 1 is 1.11 bits per heavy atom. The highest BCUT2D eigenvalue weighted by Gasteiger charge is 1.97. The van der Waals surface area contributed by atoms with Crippen molar-refractivity contribution in [1.82, 2.24) is 0 Å². The first kappa shape index (κ1) is 15.5. The van der Waals surface area contributed by atoms with Crippen LogP contribution >= 0.6 is 11.6 Å². The molecule has 0 bridgehead atoms. The van der Waals surface area contributed by atoms with Crippen LogP contribution in [0.5, 0.6) is 0 Å². The van der Waals surface area contributed by atoms with Gasteiger partial charge in [-0.3, -0.25) is 4.79 Å². The second-order valence-corrected chi connectivity index (χ2v) is 5.15. The summed E-state index contributed by atoms with van der Waals surface area (Å²) in [4.78, 5) is 10.7. The molecular formula is C17H19ClO. The molecule has 100 valence electrons. The second kappa shape index (κ2) is 7.10. The summed E-state index contributed by atoms with van der Waals surface area (Å²) in [5, 5.41) is -0.447. The molecule has 0 aliphatic heterocycles. The summed E-state index contributed by atoms with van der Waals surface area (Å²) in [5.41, 5.74) is 5.76. The second-order valence-electron chi connectivity index (χ2n) is 4.78. The lowest BCUT2D eigenvalue weighted by Gasteiger charge is -2.04. The molecule has 0 saturated carbocycles. The Morgan fingerprint density at radius 3 is 2.21 bits per heavy atom. The number of benzene rings is 1. The van der Waals surface area contributed by atoms with E-state index in [0.29, 0.717) is 0 Å². The first-order valence-electron chi connectivity index (χ1n) is 6.20. The largest absolute Gasteiger partial charge is 0.276 e. The van der Waals surface area contributed by atoms with Gasteiger partial charge in [0.05, 0.1) is 0 Å². The summed E-state index contributed by atoms with van der Waals surface area (Å²) in [7, 11) is 0. The fraction of sp³-hybridized carbons (Fsp3) is 0.235. The number of carbonyl (C=O) groups excluding carboxylic acids is 1. The van der Waals surface area contributed by atoms with Crippen LogP contribution in [0.25, 0.3) is 5.57 Å². The van der Waals surface area contributed by atoms with Gasteiger partial charge in [-0.15, -0.1) is 0 Å². The van der Waals surface area contributed by atoms with E-state index in [1.165, 1.54) is 28.3 Å². The summed E-state index contributed by atoms with van der Waals surface area (Å²) < 4.78 is 0. The first-order valence-corrected chi connectivity index (χ1v) is 6.57. The lowest BCUT2D eigenvalue weighted by Crippen LogP contribution is -1.84. The summed E-state index contributed by atoms with van der Waals surface area (Å²) in [6.45, 7) is 8.11. The quantitative estimate of drug-likeness (QED) is 0.430. The summed E-state index contributed by atoms with van der Waals surface area (Å²) >= 11 is 5.28. The van der Waals surface area contributed by atoms with Crippen molar-refractivity contribution < 1.29 is 4.79 Å². The fourth-order valence-electron chi connectivity index (χ4n) is 1.87. The number of rotatable bonds is 4. The first-order chi connectivity index (χ1) is 8.88. The van der Waals surface area contributed by atoms with Crippen LogP contribution < -0.4 is 0 Å². The van der Waals surface area contributed by atoms with E-state index in [1.54, 1.807) is 0 Å². The maximum Gasteiger partial charge on any atom is 0.245 e. The van der Waals surface area contributed by atoms with Gasteiger partial charge in [0.15, 0.2) is 0 Å². The van der Waals surface area contributed by atoms with Crippen LogP contribution in [0, 0.1) is 13.8 Å². The normalized spacial score (nSPS) is 13.1. The molecule has 0 aliphatic carbocycles. The number of hydrogen-bond acceptors (Lipinski definition) is 1. The van der Waals surface area contributed by atoms with Gasteiger partial charge < -0.3 is 0 Å². The maximum atomic E-state index is 10.7. The zero-order valence-corrected chi connectivity index (χ0v) is 12.6. The van der Waals surface area contributed by atoms with E-state index in [-0.39, 0.29) is 0 Å². The molecule has 0 heterocycles. The number of carbonyl (C=O) groups is 1. The molecule has 2 heteroatoms. The van der Waals surface area contributed by atoms with E-state index in [2.05, 4.69) is 39.0 Å². The van der Waals surface area contributed by atoms with Crippen LogP contribution in [0.3, 0.4) is 0 Å². The molecule has 19 heavy (non-hydrogen) atoms. The smallest absolute Gasteiger partial charge is 0.245 e. The van der Waals surface area contributed by atoms with Crippen molar-refractivity contribution in [2.45, 2.75) is 27.7 Å². The van der Waals surface area contributed by atoms with Crippen molar-refractivity contribution in [3.05, 3.63) is 64.8 Å². The molecular weight excluding hydrogens is 256 g/mol. The zero-order chi connectivity index (χ0) is 14.4. The van der Waals surface area contributed by atoms with Crippen LogP contribution in [0.1, 0.15) is 30.5 Å². The molecule has 1 nitrogen and oxygen atoms in total. The van der Waals surface area contributed by atoms with Gasteiger partial charge in [0.1, 0.15) is 0 Å². The van der Waals surface area contributed by atoms with E-state index in [4.69, 9.17) is 11.6 Å². The van der Waals surface area contributed by atoms with Crippen molar-refractivity contribution >= 4 is 22.4 Å². The Bertz CT molecular complexity index is 542. The Balaban J connectivity index is 2.88. The lowest BCUT2D eigenvalue weighted by molar-refractivity contribution is -0.107. The van der Waals surface area contributed by atoms with Gasteiger partial charge >= 0.3 is 0 Å². The van der Waals surface area contributed by atoms with Crippen molar-refractivity contribution in [3.8, 4) is 0 Å². The molecule has 0 saturated heterocycles. The average Bonchev–Trinajstić information content (AvgIpc) is 2.26. The lowest BCUT2D eigenvalue weighted by atomic mass is 10.0. The highest BCUT2D eigenvalue weighted by molar-refractivity contribution is 6.66. The fourth-order valence-corrected chi connectivity index (χ4v) is 2.04. The maximum absolute atomic E-state index is 10.7. The number of aryl methyl sites for hydroxylation is 2. The third kappa shape index (κ3) is 5.71. The standard InChI is InChI=1S/C17H19ClO/c1-12(11-17(18)19)6-5-7-15(4)16-9-13(2)8-14(3)10-16/h5-11H,1-4H3. The predicted octanol–water partition coefficient (Wildman–Crippen LogP) is 4.97. The molecule has 0 spiro atoms. The summed E-state index contributed by atoms with van der Waals surface area (Å²) in [6.07, 6.45) is 7.23. The van der Waals surface area contributed by atoms with Gasteiger partial charge in [-0.2, -0.15) is 0 Å². The highest BCUT2D eigenvalue weighted by Crippen LogP contribution is 2.17. The van der Waals surface area contributed by atoms with E-state index < -0.39 is 5.24 Å². The molecule has 0 unspecified atom stereocenters. The van der Waals surface area contributed by atoms with Gasteiger partial charge in [-0.1, -0.05) is 47.6 Å². The monoisotopic (exact) mass is 274 g/mol. The Labute approximate surface area is 120 Å². The molecule has 0 amide bonds. The van der Waals surface area contributed by atoms with Crippen LogP contribution in [-0.4, -0.2) is 5.24 Å². The van der Waals surface area contributed by atoms with Crippen molar-refractivity contribution in [3.63, 3.8) is 0 Å². The van der Waals surface area contributed by atoms with Crippen LogP contribution in [0.4, 0.5) is 0 Å². The van der Waals surface area contributed by atoms with Crippen LogP contribution in [0.2, 0.25) is 0 Å². The van der Waals surface area contributed by atoms with Crippen LogP contribution in [0.15, 0.2) is 48.1 Å². The minimum Gasteiger partial charge on any atom is -0.276 e. The molecule has 1 rings (SSSR count). The molecule has 0 aromatic heterocycles. The third-order valence-corrected chi connectivity index (χ3v) is 2.83. The number of hydrogen-bond donors (Lipinski definition) is 0. The zero-order valence-electron chi connectivity index (χ0n) is 11.8. The van der Waals surface area contributed by atoms with Gasteiger partial charge in [-0.25, -0.2) is 0 Å². The van der Waals surface area contributed by atoms with Gasteiger partial charge in [-0.05, 0) is 56.0 Å². The van der Waals surface area contributed by atoms with Crippen molar-refractivity contribution in [2.24, 2.45) is 0 Å².